The zero-order chi connectivity index (χ0) is 28.1. The van der Waals surface area contributed by atoms with Crippen LogP contribution < -0.4 is 10.6 Å². The van der Waals surface area contributed by atoms with Gasteiger partial charge in [-0.25, -0.2) is 4.79 Å². The Labute approximate surface area is 232 Å². The maximum Gasteiger partial charge on any atom is 0.407 e. The van der Waals surface area contributed by atoms with Gasteiger partial charge in [0, 0.05) is 29.7 Å². The van der Waals surface area contributed by atoms with Crippen LogP contribution in [0.4, 0.5) is 4.79 Å². The molecule has 1 aromatic carbocycles. The molecule has 0 atom stereocenters. The number of thiophene rings is 1. The van der Waals surface area contributed by atoms with Crippen LogP contribution >= 0.6 is 11.3 Å². The van der Waals surface area contributed by atoms with Crippen LogP contribution in [0.5, 0.6) is 0 Å². The summed E-state index contributed by atoms with van der Waals surface area (Å²) in [6, 6.07) is 13.6. The molecule has 3 rings (SSSR count). The number of nitriles is 1. The van der Waals surface area contributed by atoms with Crippen LogP contribution in [0.3, 0.4) is 0 Å². The van der Waals surface area contributed by atoms with E-state index in [1.807, 2.05) is 63.4 Å². The molecule has 210 valence electrons. The molecule has 0 fully saturated rings. The molecular weight excluding hydrogens is 520 g/mol. The molecule has 2 heterocycles. The molecule has 0 saturated heterocycles. The van der Waals surface area contributed by atoms with E-state index in [-0.39, 0.29) is 5.91 Å². The summed E-state index contributed by atoms with van der Waals surface area (Å²) in [5.41, 5.74) is 1.10. The molecule has 0 aliphatic heterocycles. The first kappa shape index (κ1) is 30.1. The molecule has 0 saturated carbocycles. The van der Waals surface area contributed by atoms with Gasteiger partial charge in [0.05, 0.1) is 62.7 Å². The smallest absolute Gasteiger partial charge is 0.407 e. The highest BCUT2D eigenvalue weighted by atomic mass is 32.1. The van der Waals surface area contributed by atoms with Gasteiger partial charge >= 0.3 is 6.09 Å². The maximum absolute atomic E-state index is 12.5. The van der Waals surface area contributed by atoms with Crippen molar-refractivity contribution in [1.29, 1.82) is 5.26 Å². The van der Waals surface area contributed by atoms with Crippen molar-refractivity contribution in [3.05, 3.63) is 57.9 Å². The van der Waals surface area contributed by atoms with Crippen LogP contribution in [0, 0.1) is 11.3 Å². The number of amides is 2. The number of carbonyl (C=O) groups excluding carboxylic acids is 2. The fourth-order valence-corrected chi connectivity index (χ4v) is 4.47. The van der Waals surface area contributed by atoms with Crippen LogP contribution in [-0.2, 0) is 25.5 Å². The highest BCUT2D eigenvalue weighted by molar-refractivity contribution is 7.14. The third-order valence-corrected chi connectivity index (χ3v) is 6.37. The van der Waals surface area contributed by atoms with Crippen molar-refractivity contribution in [3.63, 3.8) is 0 Å². The number of fused-ring (bicyclic) bond motifs is 1. The number of hydrogen-bond acceptors (Lipinski definition) is 8. The standard InChI is InChI=1S/C28H36N4O6S/c1-28(2,3)38-27(34)31-10-13-36-15-17-37-16-14-35-12-9-30-26(33)25-7-6-23(39-25)20-32-11-8-22-5-4-21(19-29)18-24(22)32/h4-8,11,18H,9-10,12-17,20H2,1-3H3,(H,30,33)(H,31,34). The summed E-state index contributed by atoms with van der Waals surface area (Å²) in [6.07, 6.45) is 1.53. The molecule has 0 aliphatic carbocycles. The Bertz CT molecular complexity index is 1260. The first-order valence-corrected chi connectivity index (χ1v) is 13.6. The Hall–Kier alpha value is -3.43. The Morgan fingerprint density at radius 2 is 1.59 bits per heavy atom. The van der Waals surface area contributed by atoms with Gasteiger partial charge in [0.1, 0.15) is 5.60 Å². The summed E-state index contributed by atoms with van der Waals surface area (Å²) in [4.78, 5) is 25.7. The average Bonchev–Trinajstić information content (AvgIpc) is 3.53. The highest BCUT2D eigenvalue weighted by Gasteiger charge is 2.15. The average molecular weight is 557 g/mol. The Morgan fingerprint density at radius 1 is 0.923 bits per heavy atom. The second-order valence-electron chi connectivity index (χ2n) is 9.62. The van der Waals surface area contributed by atoms with Crippen molar-refractivity contribution < 1.29 is 28.5 Å². The summed E-state index contributed by atoms with van der Waals surface area (Å²) < 4.78 is 23.5. The van der Waals surface area contributed by atoms with Gasteiger partial charge < -0.3 is 34.1 Å². The van der Waals surface area contributed by atoms with E-state index < -0.39 is 11.7 Å². The van der Waals surface area contributed by atoms with E-state index in [2.05, 4.69) is 21.3 Å². The van der Waals surface area contributed by atoms with Gasteiger partial charge in [0.25, 0.3) is 5.91 Å². The Balaban J connectivity index is 1.21. The summed E-state index contributed by atoms with van der Waals surface area (Å²) in [6.45, 7) is 9.25. The molecule has 10 nitrogen and oxygen atoms in total. The van der Waals surface area contributed by atoms with E-state index in [1.165, 1.54) is 11.3 Å². The third kappa shape index (κ3) is 10.7. The van der Waals surface area contributed by atoms with Crippen molar-refractivity contribution in [2.24, 2.45) is 0 Å². The number of benzene rings is 1. The SMILES string of the molecule is CC(C)(C)OC(=O)NCCOCCOCCOCCNC(=O)c1ccc(Cn2ccc3ccc(C#N)cc32)s1. The van der Waals surface area contributed by atoms with Crippen LogP contribution in [0.1, 0.15) is 40.9 Å². The topological polar surface area (TPSA) is 124 Å². The van der Waals surface area contributed by atoms with Gasteiger partial charge in [-0.3, -0.25) is 4.79 Å². The summed E-state index contributed by atoms with van der Waals surface area (Å²) in [5.74, 6) is -0.131. The molecule has 11 heteroatoms. The Kier molecular flexibility index (Phi) is 11.8. The second-order valence-corrected chi connectivity index (χ2v) is 10.8. The predicted octanol–water partition coefficient (Wildman–Crippen LogP) is 3.93. The van der Waals surface area contributed by atoms with Crippen molar-refractivity contribution in [1.82, 2.24) is 15.2 Å². The largest absolute Gasteiger partial charge is 0.444 e. The molecule has 39 heavy (non-hydrogen) atoms. The zero-order valence-electron chi connectivity index (χ0n) is 22.7. The number of rotatable bonds is 15. The molecule has 2 N–H and O–H groups in total. The second kappa shape index (κ2) is 15.2. The first-order valence-electron chi connectivity index (χ1n) is 12.8. The van der Waals surface area contributed by atoms with E-state index >= 15 is 0 Å². The lowest BCUT2D eigenvalue weighted by molar-refractivity contribution is 0.0146. The lowest BCUT2D eigenvalue weighted by Crippen LogP contribution is -2.34. The van der Waals surface area contributed by atoms with Crippen LogP contribution in [0.15, 0.2) is 42.6 Å². The van der Waals surface area contributed by atoms with Gasteiger partial charge in [0.15, 0.2) is 0 Å². The fourth-order valence-electron chi connectivity index (χ4n) is 3.55. The number of ether oxygens (including phenoxy) is 4. The van der Waals surface area contributed by atoms with Crippen molar-refractivity contribution in [2.45, 2.75) is 32.9 Å². The van der Waals surface area contributed by atoms with Crippen molar-refractivity contribution in [3.8, 4) is 6.07 Å². The minimum absolute atomic E-state index is 0.131. The van der Waals surface area contributed by atoms with Crippen LogP contribution in [0.25, 0.3) is 10.9 Å². The van der Waals surface area contributed by atoms with E-state index in [9.17, 15) is 9.59 Å². The minimum atomic E-state index is -0.522. The van der Waals surface area contributed by atoms with Gasteiger partial charge in [0.2, 0.25) is 0 Å². The molecule has 0 unspecified atom stereocenters. The van der Waals surface area contributed by atoms with E-state index in [4.69, 9.17) is 24.2 Å². The molecule has 0 aliphatic rings. The first-order chi connectivity index (χ1) is 18.7. The van der Waals surface area contributed by atoms with E-state index in [0.29, 0.717) is 69.7 Å². The summed E-state index contributed by atoms with van der Waals surface area (Å²) in [5, 5.41) is 15.7. The molecule has 2 aromatic heterocycles. The zero-order valence-corrected chi connectivity index (χ0v) is 23.5. The maximum atomic E-state index is 12.5. The normalized spacial score (nSPS) is 11.3. The number of alkyl carbamates (subject to hydrolysis) is 1. The number of carbonyl (C=O) groups is 2. The van der Waals surface area contributed by atoms with Gasteiger partial charge in [-0.1, -0.05) is 6.07 Å². The van der Waals surface area contributed by atoms with Gasteiger partial charge in [-0.05, 0) is 56.5 Å². The minimum Gasteiger partial charge on any atom is -0.444 e. The van der Waals surface area contributed by atoms with Gasteiger partial charge in [-0.2, -0.15) is 5.26 Å². The van der Waals surface area contributed by atoms with Crippen LogP contribution in [0.2, 0.25) is 0 Å². The molecule has 0 bridgehead atoms. The van der Waals surface area contributed by atoms with E-state index in [1.54, 1.807) is 0 Å². The number of nitrogens with one attached hydrogen (secondary N) is 2. The highest BCUT2D eigenvalue weighted by Crippen LogP contribution is 2.22. The lowest BCUT2D eigenvalue weighted by Gasteiger charge is -2.19. The third-order valence-electron chi connectivity index (χ3n) is 5.31. The summed E-state index contributed by atoms with van der Waals surface area (Å²) >= 11 is 1.45. The molecule has 2 amide bonds. The van der Waals surface area contributed by atoms with Gasteiger partial charge in [-0.15, -0.1) is 11.3 Å². The molecule has 0 radical (unpaired) electrons. The van der Waals surface area contributed by atoms with E-state index in [0.717, 1.165) is 15.8 Å². The fraction of sp³-hybridized carbons (Fsp3) is 0.464. The number of hydrogen-bond donors (Lipinski definition) is 2. The van der Waals surface area contributed by atoms with Crippen LogP contribution in [-0.4, -0.2) is 74.9 Å². The number of aromatic nitrogens is 1. The monoisotopic (exact) mass is 556 g/mol. The quantitative estimate of drug-likeness (QED) is 0.272. The predicted molar refractivity (Wildman–Crippen MR) is 149 cm³/mol. The summed E-state index contributed by atoms with van der Waals surface area (Å²) in [7, 11) is 0. The lowest BCUT2D eigenvalue weighted by atomic mass is 10.2. The van der Waals surface area contributed by atoms with Crippen molar-refractivity contribution in [2.75, 3.05) is 52.7 Å². The number of nitrogens with zero attached hydrogens (tertiary/aromatic N) is 2. The molecular formula is C28H36N4O6S. The molecule has 3 aromatic rings. The Morgan fingerprint density at radius 3 is 2.26 bits per heavy atom. The molecule has 0 spiro atoms. The van der Waals surface area contributed by atoms with Crippen molar-refractivity contribution >= 4 is 34.2 Å².